The lowest BCUT2D eigenvalue weighted by Crippen LogP contribution is -2.30. The van der Waals surface area contributed by atoms with E-state index in [1.807, 2.05) is 12.1 Å². The van der Waals surface area contributed by atoms with Crippen LogP contribution in [0.5, 0.6) is 5.75 Å². The van der Waals surface area contributed by atoms with Crippen molar-refractivity contribution in [1.82, 2.24) is 0 Å². The number of ether oxygens (including phenoxy) is 1. The Bertz CT molecular complexity index is 376. The molecule has 1 fully saturated rings. The van der Waals surface area contributed by atoms with Crippen molar-refractivity contribution in [3.8, 4) is 5.75 Å². The van der Waals surface area contributed by atoms with E-state index in [2.05, 4.69) is 20.8 Å². The molecule has 0 bridgehead atoms. The second-order valence-corrected chi connectivity index (χ2v) is 4.96. The highest BCUT2D eigenvalue weighted by molar-refractivity contribution is 9.10. The summed E-state index contributed by atoms with van der Waals surface area (Å²) in [6.45, 7) is 2.19. The van der Waals surface area contributed by atoms with Crippen molar-refractivity contribution in [3.63, 3.8) is 0 Å². The maximum Gasteiger partial charge on any atom is 0.145 e. The molecule has 88 valence electrons. The summed E-state index contributed by atoms with van der Waals surface area (Å²) in [5, 5.41) is 0. The van der Waals surface area contributed by atoms with E-state index in [1.54, 1.807) is 7.11 Å². The lowest BCUT2D eigenvalue weighted by molar-refractivity contribution is 0.412. The maximum atomic E-state index is 5.80. The number of halogens is 1. The Labute approximate surface area is 105 Å². The Morgan fingerprint density at radius 3 is 2.56 bits per heavy atom. The van der Waals surface area contributed by atoms with E-state index in [-0.39, 0.29) is 0 Å². The van der Waals surface area contributed by atoms with E-state index in [1.165, 1.54) is 19.3 Å². The standard InChI is InChI=1S/C12H17BrN2O/c1-16-11-8-9(14)7-10(13)12(11)15-5-3-2-4-6-15/h7-8H,2-6,14H2,1H3. The molecule has 2 rings (SSSR count). The third-order valence-corrected chi connectivity index (χ3v) is 3.55. The Kier molecular flexibility index (Phi) is 3.59. The van der Waals surface area contributed by atoms with E-state index in [9.17, 15) is 0 Å². The van der Waals surface area contributed by atoms with Crippen molar-refractivity contribution < 1.29 is 4.74 Å². The van der Waals surface area contributed by atoms with Gasteiger partial charge in [-0.2, -0.15) is 0 Å². The molecule has 0 aromatic heterocycles. The molecule has 16 heavy (non-hydrogen) atoms. The summed E-state index contributed by atoms with van der Waals surface area (Å²) in [7, 11) is 1.69. The Morgan fingerprint density at radius 1 is 1.25 bits per heavy atom. The van der Waals surface area contributed by atoms with Crippen molar-refractivity contribution in [2.45, 2.75) is 19.3 Å². The van der Waals surface area contributed by atoms with Gasteiger partial charge in [-0.25, -0.2) is 0 Å². The highest BCUT2D eigenvalue weighted by atomic mass is 79.9. The van der Waals surface area contributed by atoms with E-state index < -0.39 is 0 Å². The SMILES string of the molecule is COc1cc(N)cc(Br)c1N1CCCCC1. The van der Waals surface area contributed by atoms with Gasteiger partial charge in [0.05, 0.1) is 12.8 Å². The normalized spacial score (nSPS) is 16.2. The van der Waals surface area contributed by atoms with Gasteiger partial charge in [-0.05, 0) is 41.3 Å². The predicted octanol–water partition coefficient (Wildman–Crippen LogP) is 3.03. The summed E-state index contributed by atoms with van der Waals surface area (Å²) in [6.07, 6.45) is 3.82. The number of nitrogens with zero attached hydrogens (tertiary/aromatic N) is 1. The van der Waals surface area contributed by atoms with Gasteiger partial charge in [0, 0.05) is 29.3 Å². The molecule has 0 atom stereocenters. The van der Waals surface area contributed by atoms with Crippen molar-refractivity contribution >= 4 is 27.3 Å². The molecule has 0 unspecified atom stereocenters. The van der Waals surface area contributed by atoms with Gasteiger partial charge in [-0.15, -0.1) is 0 Å². The molecular weight excluding hydrogens is 268 g/mol. The number of rotatable bonds is 2. The first-order chi connectivity index (χ1) is 7.72. The maximum absolute atomic E-state index is 5.80. The van der Waals surface area contributed by atoms with E-state index >= 15 is 0 Å². The van der Waals surface area contributed by atoms with E-state index in [0.29, 0.717) is 0 Å². The third-order valence-electron chi connectivity index (χ3n) is 2.94. The first kappa shape index (κ1) is 11.6. The van der Waals surface area contributed by atoms with Crippen molar-refractivity contribution in [1.29, 1.82) is 0 Å². The van der Waals surface area contributed by atoms with Crippen LogP contribution >= 0.6 is 15.9 Å². The summed E-state index contributed by atoms with van der Waals surface area (Å²) in [5.74, 6) is 0.855. The van der Waals surface area contributed by atoms with Gasteiger partial charge in [0.1, 0.15) is 5.75 Å². The van der Waals surface area contributed by atoms with Crippen LogP contribution in [0, 0.1) is 0 Å². The van der Waals surface area contributed by atoms with Crippen LogP contribution in [0.25, 0.3) is 0 Å². The fourth-order valence-electron chi connectivity index (χ4n) is 2.17. The molecule has 0 spiro atoms. The molecule has 2 N–H and O–H groups in total. The van der Waals surface area contributed by atoms with Crippen LogP contribution in [0.15, 0.2) is 16.6 Å². The van der Waals surface area contributed by atoms with Crippen molar-refractivity contribution in [2.75, 3.05) is 30.8 Å². The lowest BCUT2D eigenvalue weighted by atomic mass is 10.1. The van der Waals surface area contributed by atoms with Crippen LogP contribution in [0.2, 0.25) is 0 Å². The number of methoxy groups -OCH3 is 1. The van der Waals surface area contributed by atoms with E-state index in [0.717, 1.165) is 34.7 Å². The molecule has 1 heterocycles. The Morgan fingerprint density at radius 2 is 1.94 bits per heavy atom. The van der Waals surface area contributed by atoms with E-state index in [4.69, 9.17) is 10.5 Å². The molecule has 0 saturated carbocycles. The van der Waals surface area contributed by atoms with Crippen LogP contribution in [0.1, 0.15) is 19.3 Å². The summed E-state index contributed by atoms with van der Waals surface area (Å²) in [5.41, 5.74) is 7.67. The van der Waals surface area contributed by atoms with Crippen LogP contribution in [0.3, 0.4) is 0 Å². The largest absolute Gasteiger partial charge is 0.494 e. The van der Waals surface area contributed by atoms with Gasteiger partial charge >= 0.3 is 0 Å². The molecule has 3 nitrogen and oxygen atoms in total. The molecule has 0 amide bonds. The molecule has 0 aliphatic carbocycles. The minimum Gasteiger partial charge on any atom is -0.494 e. The van der Waals surface area contributed by atoms with Crippen molar-refractivity contribution in [3.05, 3.63) is 16.6 Å². The topological polar surface area (TPSA) is 38.5 Å². The highest BCUT2D eigenvalue weighted by Crippen LogP contribution is 2.39. The lowest BCUT2D eigenvalue weighted by Gasteiger charge is -2.31. The minimum atomic E-state index is 0.726. The van der Waals surface area contributed by atoms with Crippen molar-refractivity contribution in [2.24, 2.45) is 0 Å². The first-order valence-corrected chi connectivity index (χ1v) is 6.39. The number of piperidine rings is 1. The van der Waals surface area contributed by atoms with Gasteiger partial charge < -0.3 is 15.4 Å². The van der Waals surface area contributed by atoms with Crippen LogP contribution < -0.4 is 15.4 Å². The van der Waals surface area contributed by atoms with Gasteiger partial charge in [-0.1, -0.05) is 0 Å². The van der Waals surface area contributed by atoms with Crippen LogP contribution in [-0.2, 0) is 0 Å². The van der Waals surface area contributed by atoms with Gasteiger partial charge in [0.25, 0.3) is 0 Å². The average Bonchev–Trinajstić information content (AvgIpc) is 2.29. The summed E-state index contributed by atoms with van der Waals surface area (Å²) < 4.78 is 6.43. The second kappa shape index (κ2) is 4.95. The fourth-order valence-corrected chi connectivity index (χ4v) is 2.88. The molecular formula is C12H17BrN2O. The number of anilines is 2. The molecule has 1 aromatic rings. The monoisotopic (exact) mass is 284 g/mol. The molecule has 0 radical (unpaired) electrons. The molecule has 1 aromatic carbocycles. The van der Waals surface area contributed by atoms with Gasteiger partial charge in [0.2, 0.25) is 0 Å². The molecule has 1 saturated heterocycles. The molecule has 4 heteroatoms. The zero-order chi connectivity index (χ0) is 11.5. The number of hydrogen-bond acceptors (Lipinski definition) is 3. The Balaban J connectivity index is 2.37. The number of benzene rings is 1. The van der Waals surface area contributed by atoms with Crippen LogP contribution in [0.4, 0.5) is 11.4 Å². The molecule has 1 aliphatic heterocycles. The quantitative estimate of drug-likeness (QED) is 0.849. The fraction of sp³-hybridized carbons (Fsp3) is 0.500. The zero-order valence-electron chi connectivity index (χ0n) is 9.50. The minimum absolute atomic E-state index is 0.726. The Hall–Kier alpha value is -0.900. The predicted molar refractivity (Wildman–Crippen MR) is 71.2 cm³/mol. The summed E-state index contributed by atoms with van der Waals surface area (Å²) >= 11 is 3.57. The van der Waals surface area contributed by atoms with Crippen LogP contribution in [-0.4, -0.2) is 20.2 Å². The number of nitrogen functional groups attached to an aromatic ring is 1. The van der Waals surface area contributed by atoms with Gasteiger partial charge in [-0.3, -0.25) is 0 Å². The number of hydrogen-bond donors (Lipinski definition) is 1. The highest BCUT2D eigenvalue weighted by Gasteiger charge is 2.18. The summed E-state index contributed by atoms with van der Waals surface area (Å²) in [6, 6.07) is 3.82. The smallest absolute Gasteiger partial charge is 0.145 e. The average molecular weight is 285 g/mol. The third kappa shape index (κ3) is 2.26. The first-order valence-electron chi connectivity index (χ1n) is 5.60. The molecule has 1 aliphatic rings. The zero-order valence-corrected chi connectivity index (χ0v) is 11.1. The summed E-state index contributed by atoms with van der Waals surface area (Å²) in [4.78, 5) is 2.37. The van der Waals surface area contributed by atoms with Gasteiger partial charge in [0.15, 0.2) is 0 Å². The second-order valence-electron chi connectivity index (χ2n) is 4.10. The number of nitrogens with two attached hydrogens (primary N) is 1.